The molecule has 29 N–H and O–H groups in total. The van der Waals surface area contributed by atoms with E-state index in [4.69, 9.17) is 51.3 Å². The zero-order chi connectivity index (χ0) is 60.3. The first-order chi connectivity index (χ1) is 38.8. The summed E-state index contributed by atoms with van der Waals surface area (Å²) in [7, 11) is 0. The second-order valence-corrected chi connectivity index (χ2v) is 19.5. The monoisotopic (exact) mass is 1150 g/mol. The number of carbonyl (C=O) groups is 9. The van der Waals surface area contributed by atoms with Gasteiger partial charge in [-0.3, -0.25) is 48.6 Å². The summed E-state index contributed by atoms with van der Waals surface area (Å²) >= 11 is 0. The molecule has 32 nitrogen and oxygen atoms in total. The van der Waals surface area contributed by atoms with Crippen LogP contribution in [-0.2, 0) is 49.6 Å². The fourth-order valence-electron chi connectivity index (χ4n) is 8.41. The topological polar surface area (TPSA) is 566 Å². The van der Waals surface area contributed by atoms with Gasteiger partial charge >= 0.3 is 0 Å². The van der Waals surface area contributed by atoms with Crippen LogP contribution in [0.5, 0.6) is 0 Å². The predicted octanol–water partition coefficient (Wildman–Crippen LogP) is -8.43. The summed E-state index contributed by atoms with van der Waals surface area (Å²) in [6.07, 6.45) is 6.11. The normalized spacial score (nSPS) is 16.2. The van der Waals surface area contributed by atoms with E-state index in [1.54, 1.807) is 0 Å². The van der Waals surface area contributed by atoms with Gasteiger partial charge in [0.05, 0.1) is 31.1 Å². The first-order valence-electron chi connectivity index (χ1n) is 27.5. The smallest absolute Gasteiger partial charge is 0.267 e. The number of aliphatic hydroxyl groups is 2. The van der Waals surface area contributed by atoms with Gasteiger partial charge in [0.2, 0.25) is 47.3 Å². The average molecular weight is 1150 g/mol. The van der Waals surface area contributed by atoms with Crippen molar-refractivity contribution in [3.8, 4) is 0 Å². The van der Waals surface area contributed by atoms with Crippen molar-refractivity contribution in [1.82, 2.24) is 62.7 Å². The summed E-state index contributed by atoms with van der Waals surface area (Å²) in [5.74, 6) is -7.75. The number of carbonyl (C=O) groups excluding carboxylic acids is 9. The first-order valence-corrected chi connectivity index (χ1v) is 27.5. The molecule has 1 aromatic rings. The SMILES string of the molecule is N=C(N)NCC/C=C(\NC(=O)[C@H](CCCCN)NC(=O)C(Cc1cnc[nH]1)NC(=O)C1CCCN1C(=O)[C@@H](CCCN)NC(=O)CNC(=O)C(NC(=O)[C@@H](NC(=O)C(N)CCCCN)[C@@H](O)CN)[C@@H](O)CN)C(=O)NCCCCCN. The van der Waals surface area contributed by atoms with Gasteiger partial charge in [0.1, 0.15) is 41.9 Å². The molecule has 0 bridgehead atoms. The Balaban J connectivity index is 2.31. The van der Waals surface area contributed by atoms with E-state index in [0.717, 1.165) is 12.8 Å². The molecule has 0 aromatic carbocycles. The highest BCUT2D eigenvalue weighted by Gasteiger charge is 2.40. The highest BCUT2D eigenvalue weighted by atomic mass is 16.3. The van der Waals surface area contributed by atoms with Gasteiger partial charge in [-0.05, 0) is 103 Å². The number of aliphatic hydroxyl groups excluding tert-OH is 2. The van der Waals surface area contributed by atoms with E-state index in [0.29, 0.717) is 63.9 Å². The van der Waals surface area contributed by atoms with Crippen molar-refractivity contribution in [2.45, 2.75) is 151 Å². The van der Waals surface area contributed by atoms with Crippen molar-refractivity contribution in [3.63, 3.8) is 0 Å². The molecule has 1 aromatic heterocycles. The Morgan fingerprint density at radius 3 is 1.91 bits per heavy atom. The van der Waals surface area contributed by atoms with Crippen molar-refractivity contribution < 1.29 is 53.4 Å². The molecule has 0 spiro atoms. The van der Waals surface area contributed by atoms with Crippen molar-refractivity contribution in [2.75, 3.05) is 65.4 Å². The molecule has 0 saturated carbocycles. The van der Waals surface area contributed by atoms with E-state index in [9.17, 15) is 53.4 Å². The summed E-state index contributed by atoms with van der Waals surface area (Å²) in [6, 6.07) is -9.63. The maximum atomic E-state index is 14.3. The molecule has 1 saturated heterocycles. The predicted molar refractivity (Wildman–Crippen MR) is 299 cm³/mol. The van der Waals surface area contributed by atoms with Gasteiger partial charge in [0.25, 0.3) is 5.91 Å². The maximum Gasteiger partial charge on any atom is 0.267 e. The van der Waals surface area contributed by atoms with E-state index in [2.05, 4.69) is 57.8 Å². The molecule has 9 atom stereocenters. The molecule has 4 unspecified atom stereocenters. The van der Waals surface area contributed by atoms with Gasteiger partial charge in [-0.25, -0.2) is 4.98 Å². The fourth-order valence-corrected chi connectivity index (χ4v) is 8.41. The van der Waals surface area contributed by atoms with Crippen LogP contribution in [0.3, 0.4) is 0 Å². The van der Waals surface area contributed by atoms with Gasteiger partial charge in [-0.1, -0.05) is 18.9 Å². The number of nitrogens with two attached hydrogens (primary N) is 8. The fraction of sp³-hybridized carbons (Fsp3) is 0.694. The lowest BCUT2D eigenvalue weighted by molar-refractivity contribution is -0.142. The van der Waals surface area contributed by atoms with Crippen molar-refractivity contribution in [3.05, 3.63) is 30.0 Å². The number of nitrogens with one attached hydrogen (secondary N) is 11. The number of rotatable bonds is 41. The van der Waals surface area contributed by atoms with Crippen LogP contribution in [-0.4, -0.2) is 204 Å². The van der Waals surface area contributed by atoms with Crippen LogP contribution in [0.4, 0.5) is 0 Å². The Morgan fingerprint density at radius 2 is 1.30 bits per heavy atom. The molecule has 9 amide bonds. The number of hydrogen-bond acceptors (Lipinski definition) is 20. The van der Waals surface area contributed by atoms with E-state index in [-0.39, 0.29) is 82.8 Å². The first kappa shape index (κ1) is 70.2. The Kier molecular flexibility index (Phi) is 34.2. The second kappa shape index (κ2) is 39.5. The van der Waals surface area contributed by atoms with Crippen molar-refractivity contribution in [1.29, 1.82) is 5.41 Å². The number of nitrogens with zero attached hydrogens (tertiary/aromatic N) is 2. The lowest BCUT2D eigenvalue weighted by Gasteiger charge is -2.30. The molecule has 81 heavy (non-hydrogen) atoms. The average Bonchev–Trinajstić information content (AvgIpc) is 4.22. The minimum Gasteiger partial charge on any atom is -0.389 e. The third-order valence-electron chi connectivity index (χ3n) is 13.0. The zero-order valence-corrected chi connectivity index (χ0v) is 46.2. The van der Waals surface area contributed by atoms with Crippen LogP contribution >= 0.6 is 0 Å². The molecule has 32 heteroatoms. The number of H-pyrrole nitrogens is 1. The molecule has 1 fully saturated rings. The van der Waals surface area contributed by atoms with Gasteiger partial charge in [0, 0.05) is 51.0 Å². The van der Waals surface area contributed by atoms with Gasteiger partial charge in [0.15, 0.2) is 5.96 Å². The molecule has 458 valence electrons. The standard InChI is InChI=1S/C49H91N21O11/c50-16-4-1-7-20-60-42(75)31(14-9-21-61-49(57)58)65-43(76)32(12-3-6-18-52)66-44(77)34(23-29-26-59-28-63-29)67-45(78)35-15-10-22-70(35)48(81)33(13-8-19-53)64-38(73)27-62-46(79)39(36(71)24-54)69-47(80)40(37(72)25-55)68-41(74)30(56)11-2-5-17-51/h14,26,28,30,32-37,39-40,71-72H,1-13,15-25,27,50-56H2,(H,59,63)(H,60,75)(H,62,79)(H,64,73)(H,65,76)(H,66,77)(H,67,78)(H,68,74)(H,69,80)(H4,57,58,61)/b31-14-/t30?,32-,33+,34?,35?,36-,37-,39?,40-/m0/s1. The Bertz CT molecular complexity index is 2170. The summed E-state index contributed by atoms with van der Waals surface area (Å²) in [5.41, 5.74) is 45.6. The van der Waals surface area contributed by atoms with E-state index in [1.807, 2.05) is 0 Å². The molecular weight excluding hydrogens is 1060 g/mol. The number of unbranched alkanes of at least 4 members (excludes halogenated alkanes) is 4. The van der Waals surface area contributed by atoms with Crippen LogP contribution in [0.2, 0.25) is 0 Å². The third kappa shape index (κ3) is 26.0. The van der Waals surface area contributed by atoms with Crippen molar-refractivity contribution in [2.24, 2.45) is 45.9 Å². The third-order valence-corrected chi connectivity index (χ3v) is 13.0. The van der Waals surface area contributed by atoms with E-state index < -0.39 is 127 Å². The second-order valence-electron chi connectivity index (χ2n) is 19.5. The van der Waals surface area contributed by atoms with E-state index in [1.165, 1.54) is 23.5 Å². The van der Waals surface area contributed by atoms with Gasteiger partial charge < -0.3 is 114 Å². The van der Waals surface area contributed by atoms with Crippen LogP contribution in [0.1, 0.15) is 95.6 Å². The van der Waals surface area contributed by atoms with Crippen LogP contribution in [0.15, 0.2) is 24.3 Å². The Labute approximate surface area is 471 Å². The molecule has 2 rings (SSSR count). The summed E-state index contributed by atoms with van der Waals surface area (Å²) in [5, 5.41) is 51.6. The van der Waals surface area contributed by atoms with Crippen LogP contribution < -0.4 is 93.7 Å². The van der Waals surface area contributed by atoms with Crippen molar-refractivity contribution >= 4 is 59.1 Å². The molecule has 2 heterocycles. The number of likely N-dealkylation sites (tertiary alicyclic amines) is 1. The maximum absolute atomic E-state index is 14.3. The minimum absolute atomic E-state index is 0.00118. The number of aromatic amines is 1. The number of aromatic nitrogens is 2. The van der Waals surface area contributed by atoms with Crippen LogP contribution in [0.25, 0.3) is 0 Å². The van der Waals surface area contributed by atoms with E-state index >= 15 is 0 Å². The largest absolute Gasteiger partial charge is 0.389 e. The molecule has 0 radical (unpaired) electrons. The lowest BCUT2D eigenvalue weighted by atomic mass is 10.0. The zero-order valence-electron chi connectivity index (χ0n) is 46.2. The minimum atomic E-state index is -1.82. The highest BCUT2D eigenvalue weighted by Crippen LogP contribution is 2.20. The number of imidazole rings is 1. The Morgan fingerprint density at radius 1 is 0.679 bits per heavy atom. The highest BCUT2D eigenvalue weighted by molar-refractivity contribution is 6.00. The Hall–Kier alpha value is -6.91. The number of hydrogen-bond donors (Lipinski definition) is 21. The summed E-state index contributed by atoms with van der Waals surface area (Å²) in [6.45, 7) is -0.0569. The van der Waals surface area contributed by atoms with Crippen LogP contribution in [0, 0.1) is 5.41 Å². The number of amides is 9. The summed E-state index contributed by atoms with van der Waals surface area (Å²) < 4.78 is 0. The molecule has 1 aliphatic rings. The molecule has 0 aliphatic carbocycles. The molecule has 1 aliphatic heterocycles. The molecular formula is C49H91N21O11. The van der Waals surface area contributed by atoms with Gasteiger partial charge in [-0.15, -0.1) is 0 Å². The summed E-state index contributed by atoms with van der Waals surface area (Å²) in [4.78, 5) is 132. The quantitative estimate of drug-likeness (QED) is 0.0125. The number of guanidine groups is 1. The van der Waals surface area contributed by atoms with Gasteiger partial charge in [-0.2, -0.15) is 0 Å². The lowest BCUT2D eigenvalue weighted by Crippen LogP contribution is -2.63.